The van der Waals surface area contributed by atoms with E-state index in [1.807, 2.05) is 24.3 Å². The van der Waals surface area contributed by atoms with Crippen LogP contribution in [-0.4, -0.2) is 0 Å². The molecule has 0 aliphatic rings. The number of halogens is 1. The first-order chi connectivity index (χ1) is 10.1. The largest absolute Gasteiger partial charge is 0.320 e. The van der Waals surface area contributed by atoms with Crippen LogP contribution in [0.15, 0.2) is 54.6 Å². The molecular formula is C19H18FN. The smallest absolute Gasteiger partial charge is 0.131 e. The molecule has 3 aromatic carbocycles. The van der Waals surface area contributed by atoms with Gasteiger partial charge in [-0.25, -0.2) is 4.39 Å². The third-order valence-corrected chi connectivity index (χ3v) is 4.13. The number of fused-ring (bicyclic) bond motifs is 1. The van der Waals surface area contributed by atoms with Gasteiger partial charge in [0.1, 0.15) is 5.82 Å². The van der Waals surface area contributed by atoms with Gasteiger partial charge in [0.2, 0.25) is 0 Å². The standard InChI is InChI=1S/C19H18FN/c1-12-7-8-14(11-13(12)2)19(21)17-9-10-18(20)16-6-4-3-5-15(16)17/h3-11,19H,21H2,1-2H3. The minimum Gasteiger partial charge on any atom is -0.320 e. The van der Waals surface area contributed by atoms with Crippen molar-refractivity contribution in [3.63, 3.8) is 0 Å². The molecule has 3 aromatic rings. The van der Waals surface area contributed by atoms with E-state index >= 15 is 0 Å². The maximum Gasteiger partial charge on any atom is 0.131 e. The van der Waals surface area contributed by atoms with E-state index in [9.17, 15) is 4.39 Å². The Morgan fingerprint density at radius 1 is 0.857 bits per heavy atom. The number of hydrogen-bond acceptors (Lipinski definition) is 1. The van der Waals surface area contributed by atoms with E-state index < -0.39 is 0 Å². The summed E-state index contributed by atoms with van der Waals surface area (Å²) in [5, 5.41) is 1.50. The zero-order chi connectivity index (χ0) is 15.0. The van der Waals surface area contributed by atoms with Gasteiger partial charge in [-0.15, -0.1) is 0 Å². The summed E-state index contributed by atoms with van der Waals surface area (Å²) >= 11 is 0. The summed E-state index contributed by atoms with van der Waals surface area (Å²) in [6, 6.07) is 16.7. The van der Waals surface area contributed by atoms with Gasteiger partial charge in [-0.1, -0.05) is 48.5 Å². The fraction of sp³-hybridized carbons (Fsp3) is 0.158. The number of nitrogens with two attached hydrogens (primary N) is 1. The van der Waals surface area contributed by atoms with Gasteiger partial charge in [0, 0.05) is 5.39 Å². The fourth-order valence-corrected chi connectivity index (χ4v) is 2.69. The zero-order valence-corrected chi connectivity index (χ0v) is 12.2. The van der Waals surface area contributed by atoms with Crippen LogP contribution in [0.3, 0.4) is 0 Å². The van der Waals surface area contributed by atoms with Gasteiger partial charge in [-0.2, -0.15) is 0 Å². The lowest BCUT2D eigenvalue weighted by Gasteiger charge is -2.17. The summed E-state index contributed by atoms with van der Waals surface area (Å²) in [7, 11) is 0. The molecule has 0 bridgehead atoms. The molecule has 0 spiro atoms. The van der Waals surface area contributed by atoms with Gasteiger partial charge < -0.3 is 5.73 Å². The van der Waals surface area contributed by atoms with Crippen LogP contribution in [0.25, 0.3) is 10.8 Å². The molecule has 1 unspecified atom stereocenters. The lowest BCUT2D eigenvalue weighted by atomic mass is 9.92. The van der Waals surface area contributed by atoms with E-state index in [1.54, 1.807) is 12.1 Å². The van der Waals surface area contributed by atoms with Crippen LogP contribution in [0.5, 0.6) is 0 Å². The molecule has 2 N–H and O–H groups in total. The Hall–Kier alpha value is -2.19. The highest BCUT2D eigenvalue weighted by atomic mass is 19.1. The molecule has 3 rings (SSSR count). The SMILES string of the molecule is Cc1ccc(C(N)c2ccc(F)c3ccccc23)cc1C. The summed E-state index contributed by atoms with van der Waals surface area (Å²) in [6.07, 6.45) is 0. The van der Waals surface area contributed by atoms with Gasteiger partial charge in [0.25, 0.3) is 0 Å². The molecular weight excluding hydrogens is 261 g/mol. The summed E-state index contributed by atoms with van der Waals surface area (Å²) in [5.41, 5.74) is 10.9. The van der Waals surface area contributed by atoms with Gasteiger partial charge in [-0.3, -0.25) is 0 Å². The third kappa shape index (κ3) is 2.43. The molecule has 1 atom stereocenters. The van der Waals surface area contributed by atoms with E-state index in [4.69, 9.17) is 5.73 Å². The van der Waals surface area contributed by atoms with Crippen molar-refractivity contribution >= 4 is 10.8 Å². The van der Waals surface area contributed by atoms with E-state index in [-0.39, 0.29) is 11.9 Å². The van der Waals surface area contributed by atoms with E-state index in [0.29, 0.717) is 5.39 Å². The molecule has 0 aromatic heterocycles. The highest BCUT2D eigenvalue weighted by molar-refractivity contribution is 5.87. The number of rotatable bonds is 2. The normalized spacial score (nSPS) is 12.6. The predicted molar refractivity (Wildman–Crippen MR) is 85.9 cm³/mol. The quantitative estimate of drug-likeness (QED) is 0.726. The lowest BCUT2D eigenvalue weighted by molar-refractivity contribution is 0.639. The van der Waals surface area contributed by atoms with Gasteiger partial charge in [-0.05, 0) is 47.6 Å². The monoisotopic (exact) mass is 279 g/mol. The Labute approximate surface area is 124 Å². The number of benzene rings is 3. The maximum absolute atomic E-state index is 13.9. The van der Waals surface area contributed by atoms with Crippen LogP contribution in [0, 0.1) is 19.7 Å². The van der Waals surface area contributed by atoms with Crippen LogP contribution in [0.1, 0.15) is 28.3 Å². The summed E-state index contributed by atoms with van der Waals surface area (Å²) in [4.78, 5) is 0. The second-order valence-corrected chi connectivity index (χ2v) is 5.50. The van der Waals surface area contributed by atoms with Crippen molar-refractivity contribution in [3.05, 3.63) is 82.7 Å². The van der Waals surface area contributed by atoms with Crippen molar-refractivity contribution in [2.24, 2.45) is 5.73 Å². The second-order valence-electron chi connectivity index (χ2n) is 5.50. The topological polar surface area (TPSA) is 26.0 Å². The Bertz CT molecular complexity index is 808. The summed E-state index contributed by atoms with van der Waals surface area (Å²) in [5.74, 6) is -0.207. The molecule has 21 heavy (non-hydrogen) atoms. The van der Waals surface area contributed by atoms with E-state index in [2.05, 4.69) is 26.0 Å². The van der Waals surface area contributed by atoms with Crippen LogP contribution in [-0.2, 0) is 0 Å². The van der Waals surface area contributed by atoms with Gasteiger partial charge in [0.05, 0.1) is 6.04 Å². The molecule has 0 aliphatic heterocycles. The van der Waals surface area contributed by atoms with Crippen molar-refractivity contribution in [1.29, 1.82) is 0 Å². The van der Waals surface area contributed by atoms with Gasteiger partial charge >= 0.3 is 0 Å². The first kappa shape index (κ1) is 13.8. The van der Waals surface area contributed by atoms with Crippen LogP contribution in [0.2, 0.25) is 0 Å². The van der Waals surface area contributed by atoms with Crippen molar-refractivity contribution in [2.45, 2.75) is 19.9 Å². The zero-order valence-electron chi connectivity index (χ0n) is 12.2. The molecule has 0 fully saturated rings. The van der Waals surface area contributed by atoms with Gasteiger partial charge in [0.15, 0.2) is 0 Å². The van der Waals surface area contributed by atoms with E-state index in [1.165, 1.54) is 17.2 Å². The van der Waals surface area contributed by atoms with Crippen molar-refractivity contribution in [3.8, 4) is 0 Å². The Balaban J connectivity index is 2.15. The molecule has 0 saturated carbocycles. The first-order valence-electron chi connectivity index (χ1n) is 7.08. The molecule has 1 nitrogen and oxygen atoms in total. The van der Waals surface area contributed by atoms with E-state index in [0.717, 1.165) is 16.5 Å². The average Bonchev–Trinajstić information content (AvgIpc) is 2.50. The van der Waals surface area contributed by atoms with Crippen molar-refractivity contribution < 1.29 is 4.39 Å². The highest BCUT2D eigenvalue weighted by Crippen LogP contribution is 2.29. The second kappa shape index (κ2) is 5.30. The van der Waals surface area contributed by atoms with Crippen molar-refractivity contribution in [1.82, 2.24) is 0 Å². The van der Waals surface area contributed by atoms with Crippen LogP contribution < -0.4 is 5.73 Å². The summed E-state index contributed by atoms with van der Waals surface area (Å²) < 4.78 is 13.9. The first-order valence-corrected chi connectivity index (χ1v) is 7.08. The molecule has 0 heterocycles. The minimum absolute atomic E-state index is 0.207. The molecule has 106 valence electrons. The van der Waals surface area contributed by atoms with Crippen LogP contribution in [0.4, 0.5) is 4.39 Å². The lowest BCUT2D eigenvalue weighted by Crippen LogP contribution is -2.13. The molecule has 0 aliphatic carbocycles. The Morgan fingerprint density at radius 3 is 2.29 bits per heavy atom. The molecule has 2 heteroatoms. The maximum atomic E-state index is 13.9. The average molecular weight is 279 g/mol. The molecule has 0 radical (unpaired) electrons. The number of aryl methyl sites for hydroxylation is 2. The summed E-state index contributed by atoms with van der Waals surface area (Å²) in [6.45, 7) is 4.16. The van der Waals surface area contributed by atoms with Crippen LogP contribution >= 0.6 is 0 Å². The number of hydrogen-bond donors (Lipinski definition) is 1. The highest BCUT2D eigenvalue weighted by Gasteiger charge is 2.14. The fourth-order valence-electron chi connectivity index (χ4n) is 2.69. The van der Waals surface area contributed by atoms with Crippen molar-refractivity contribution in [2.75, 3.05) is 0 Å². The Kier molecular flexibility index (Phi) is 3.48. The minimum atomic E-state index is -0.255. The predicted octanol–water partition coefficient (Wildman–Crippen LogP) is 4.64. The Morgan fingerprint density at radius 2 is 1.57 bits per heavy atom. The third-order valence-electron chi connectivity index (χ3n) is 4.13. The molecule has 0 amide bonds. The molecule has 0 saturated heterocycles.